The molecule has 0 fully saturated rings. The number of H-pyrrole nitrogens is 1. The van der Waals surface area contributed by atoms with Crippen LogP contribution in [-0.2, 0) is 17.6 Å². The largest absolute Gasteiger partial charge is 0.444 e. The van der Waals surface area contributed by atoms with Crippen LogP contribution >= 0.6 is 0 Å². The van der Waals surface area contributed by atoms with E-state index in [2.05, 4.69) is 10.3 Å². The molecule has 0 unspecified atom stereocenters. The first-order valence-corrected chi connectivity index (χ1v) is 7.60. The van der Waals surface area contributed by atoms with Gasteiger partial charge < -0.3 is 15.0 Å². The third-order valence-electron chi connectivity index (χ3n) is 3.87. The molecule has 0 aliphatic heterocycles. The Balaban J connectivity index is 1.77. The Hall–Kier alpha value is -2.04. The molecule has 118 valence electrons. The quantitative estimate of drug-likeness (QED) is 0.844. The molecule has 0 radical (unpaired) electrons. The van der Waals surface area contributed by atoms with Crippen LogP contribution < -0.4 is 5.32 Å². The van der Waals surface area contributed by atoms with Crippen molar-refractivity contribution in [3.05, 3.63) is 35.3 Å². The fourth-order valence-electron chi connectivity index (χ4n) is 2.99. The van der Waals surface area contributed by atoms with Crippen molar-refractivity contribution in [1.29, 1.82) is 0 Å². The van der Waals surface area contributed by atoms with Crippen molar-refractivity contribution in [1.82, 2.24) is 10.3 Å². The molecule has 1 aromatic heterocycles. The van der Waals surface area contributed by atoms with E-state index in [4.69, 9.17) is 4.74 Å². The van der Waals surface area contributed by atoms with Gasteiger partial charge in [0, 0.05) is 22.6 Å². The average molecular weight is 304 g/mol. The lowest BCUT2D eigenvalue weighted by Gasteiger charge is -2.26. The van der Waals surface area contributed by atoms with Gasteiger partial charge in [-0.15, -0.1) is 0 Å². The molecule has 4 nitrogen and oxygen atoms in total. The molecule has 2 aromatic rings. The molecular formula is C17H21FN2O2. The first kappa shape index (κ1) is 14.9. The van der Waals surface area contributed by atoms with E-state index >= 15 is 0 Å². The molecule has 22 heavy (non-hydrogen) atoms. The van der Waals surface area contributed by atoms with Crippen LogP contribution in [0.15, 0.2) is 18.2 Å². The number of fused-ring (bicyclic) bond motifs is 3. The summed E-state index contributed by atoms with van der Waals surface area (Å²) >= 11 is 0. The van der Waals surface area contributed by atoms with Gasteiger partial charge in [-0.3, -0.25) is 0 Å². The molecule has 5 heteroatoms. The molecule has 0 saturated heterocycles. The van der Waals surface area contributed by atoms with Crippen LogP contribution in [0.5, 0.6) is 0 Å². The minimum Gasteiger partial charge on any atom is -0.444 e. The van der Waals surface area contributed by atoms with Crippen molar-refractivity contribution in [2.45, 2.75) is 51.7 Å². The van der Waals surface area contributed by atoms with Crippen LogP contribution in [0.1, 0.15) is 38.4 Å². The Kier molecular flexibility index (Phi) is 3.59. The van der Waals surface area contributed by atoms with Gasteiger partial charge >= 0.3 is 6.09 Å². The number of aromatic amines is 1. The smallest absolute Gasteiger partial charge is 0.407 e. The Morgan fingerprint density at radius 1 is 1.41 bits per heavy atom. The van der Waals surface area contributed by atoms with E-state index in [1.165, 1.54) is 6.07 Å². The number of amides is 1. The number of aromatic nitrogens is 1. The topological polar surface area (TPSA) is 54.1 Å². The normalized spacial score (nSPS) is 18.1. The summed E-state index contributed by atoms with van der Waals surface area (Å²) in [5.41, 5.74) is 2.68. The van der Waals surface area contributed by atoms with Gasteiger partial charge in [0.1, 0.15) is 11.4 Å². The Morgan fingerprint density at radius 2 is 2.18 bits per heavy atom. The molecule has 1 heterocycles. The molecule has 1 aliphatic carbocycles. The summed E-state index contributed by atoms with van der Waals surface area (Å²) in [5, 5.41) is 3.82. The van der Waals surface area contributed by atoms with E-state index in [0.29, 0.717) is 6.42 Å². The van der Waals surface area contributed by atoms with Crippen molar-refractivity contribution in [2.75, 3.05) is 0 Å². The minimum atomic E-state index is -0.506. The number of alkyl carbamates (subject to hydrolysis) is 1. The van der Waals surface area contributed by atoms with Gasteiger partial charge in [-0.2, -0.15) is 0 Å². The highest BCUT2D eigenvalue weighted by atomic mass is 19.1. The predicted octanol–water partition coefficient (Wildman–Crippen LogP) is 3.69. The van der Waals surface area contributed by atoms with Gasteiger partial charge in [-0.1, -0.05) is 0 Å². The number of nitrogens with one attached hydrogen (secondary N) is 2. The lowest BCUT2D eigenvalue weighted by molar-refractivity contribution is 0.0500. The molecule has 2 N–H and O–H groups in total. The number of rotatable bonds is 1. The van der Waals surface area contributed by atoms with E-state index in [1.807, 2.05) is 20.8 Å². The van der Waals surface area contributed by atoms with Crippen LogP contribution in [0, 0.1) is 5.82 Å². The summed E-state index contributed by atoms with van der Waals surface area (Å²) in [5.74, 6) is -0.239. The zero-order valence-electron chi connectivity index (χ0n) is 13.1. The van der Waals surface area contributed by atoms with Crippen LogP contribution in [0.4, 0.5) is 9.18 Å². The fraction of sp³-hybridized carbons (Fsp3) is 0.471. The van der Waals surface area contributed by atoms with Gasteiger partial charge in [0.15, 0.2) is 0 Å². The molecular weight excluding hydrogens is 283 g/mol. The molecule has 0 bridgehead atoms. The summed E-state index contributed by atoms with van der Waals surface area (Å²) in [6.07, 6.45) is 1.98. The maximum atomic E-state index is 13.5. The molecule has 1 atom stereocenters. The summed E-state index contributed by atoms with van der Waals surface area (Å²) in [7, 11) is 0. The number of hydrogen-bond acceptors (Lipinski definition) is 2. The van der Waals surface area contributed by atoms with Crippen molar-refractivity contribution in [2.24, 2.45) is 0 Å². The molecule has 1 aliphatic rings. The first-order chi connectivity index (χ1) is 10.3. The monoisotopic (exact) mass is 304 g/mol. The number of aryl methyl sites for hydroxylation is 1. The Labute approximate surface area is 129 Å². The Bertz CT molecular complexity index is 715. The summed E-state index contributed by atoms with van der Waals surface area (Å²) in [4.78, 5) is 15.2. The predicted molar refractivity (Wildman–Crippen MR) is 83.4 cm³/mol. The van der Waals surface area contributed by atoms with E-state index in [9.17, 15) is 9.18 Å². The lowest BCUT2D eigenvalue weighted by Crippen LogP contribution is -2.41. The number of ether oxygens (including phenoxy) is 1. The van der Waals surface area contributed by atoms with E-state index in [1.54, 1.807) is 12.1 Å². The number of benzene rings is 1. The molecule has 0 spiro atoms. The average Bonchev–Trinajstić information content (AvgIpc) is 2.74. The van der Waals surface area contributed by atoms with Crippen molar-refractivity contribution >= 4 is 17.0 Å². The van der Waals surface area contributed by atoms with E-state index in [0.717, 1.165) is 35.0 Å². The van der Waals surface area contributed by atoms with Gasteiger partial charge in [-0.25, -0.2) is 9.18 Å². The molecule has 1 aromatic carbocycles. The van der Waals surface area contributed by atoms with Crippen LogP contribution in [0.2, 0.25) is 0 Å². The van der Waals surface area contributed by atoms with Crippen molar-refractivity contribution < 1.29 is 13.9 Å². The maximum absolute atomic E-state index is 13.5. The maximum Gasteiger partial charge on any atom is 0.407 e. The number of hydrogen-bond donors (Lipinski definition) is 2. The molecule has 1 amide bonds. The third kappa shape index (κ3) is 3.08. The van der Waals surface area contributed by atoms with E-state index in [-0.39, 0.29) is 11.9 Å². The highest BCUT2D eigenvalue weighted by molar-refractivity contribution is 5.85. The lowest BCUT2D eigenvalue weighted by atomic mass is 9.91. The second-order valence-electron chi connectivity index (χ2n) is 6.86. The Morgan fingerprint density at radius 3 is 2.91 bits per heavy atom. The fourth-order valence-corrected chi connectivity index (χ4v) is 2.99. The summed E-state index contributed by atoms with van der Waals surface area (Å²) < 4.78 is 18.8. The highest BCUT2D eigenvalue weighted by Crippen LogP contribution is 2.29. The molecule has 0 saturated carbocycles. The van der Waals surface area contributed by atoms with Crippen LogP contribution in [0.3, 0.4) is 0 Å². The number of halogens is 1. The first-order valence-electron chi connectivity index (χ1n) is 7.60. The van der Waals surface area contributed by atoms with Gasteiger partial charge in [0.05, 0.1) is 0 Å². The second-order valence-corrected chi connectivity index (χ2v) is 6.86. The van der Waals surface area contributed by atoms with E-state index < -0.39 is 11.7 Å². The van der Waals surface area contributed by atoms with Crippen molar-refractivity contribution in [3.63, 3.8) is 0 Å². The second kappa shape index (κ2) is 5.30. The SMILES string of the molecule is CC(C)(C)OC(=O)N[C@H]1CCc2[nH]c3ccc(F)cc3c2C1. The number of carbonyl (C=O) groups is 1. The summed E-state index contributed by atoms with van der Waals surface area (Å²) in [6, 6.07) is 4.80. The summed E-state index contributed by atoms with van der Waals surface area (Å²) in [6.45, 7) is 5.52. The molecule has 3 rings (SSSR count). The van der Waals surface area contributed by atoms with Crippen LogP contribution in [-0.4, -0.2) is 22.7 Å². The zero-order chi connectivity index (χ0) is 15.9. The standard InChI is InChI=1S/C17H21FN2O2/c1-17(2,3)22-16(21)19-11-5-7-15-13(9-11)12-8-10(18)4-6-14(12)20-15/h4,6,8,11,20H,5,7,9H2,1-3H3,(H,19,21)/t11-/m0/s1. The van der Waals surface area contributed by atoms with Crippen molar-refractivity contribution in [3.8, 4) is 0 Å². The highest BCUT2D eigenvalue weighted by Gasteiger charge is 2.25. The van der Waals surface area contributed by atoms with Gasteiger partial charge in [0.2, 0.25) is 0 Å². The number of carbonyl (C=O) groups excluding carboxylic acids is 1. The van der Waals surface area contributed by atoms with Gasteiger partial charge in [-0.05, 0) is 63.8 Å². The minimum absolute atomic E-state index is 0.0182. The van der Waals surface area contributed by atoms with Gasteiger partial charge in [0.25, 0.3) is 0 Å². The third-order valence-corrected chi connectivity index (χ3v) is 3.87. The zero-order valence-corrected chi connectivity index (χ0v) is 13.1. The van der Waals surface area contributed by atoms with Crippen LogP contribution in [0.25, 0.3) is 10.9 Å².